The van der Waals surface area contributed by atoms with Crippen LogP contribution in [-0.4, -0.2) is 37.0 Å². The first-order chi connectivity index (χ1) is 5.79. The SMILES string of the molecule is C[C@H](C(=O)N1CCC1)C1CNC1.Cl. The molecular formula is C9H17ClN2O. The molecule has 2 aliphatic heterocycles. The van der Waals surface area contributed by atoms with Crippen molar-refractivity contribution in [3.05, 3.63) is 0 Å². The van der Waals surface area contributed by atoms with E-state index >= 15 is 0 Å². The molecule has 1 amide bonds. The van der Waals surface area contributed by atoms with E-state index in [2.05, 4.69) is 12.2 Å². The van der Waals surface area contributed by atoms with Gasteiger partial charge in [-0.15, -0.1) is 12.4 Å². The van der Waals surface area contributed by atoms with Gasteiger partial charge in [0.25, 0.3) is 0 Å². The number of carbonyl (C=O) groups excluding carboxylic acids is 1. The Morgan fingerprint density at radius 3 is 2.38 bits per heavy atom. The third-order valence-corrected chi connectivity index (χ3v) is 3.08. The van der Waals surface area contributed by atoms with Crippen molar-refractivity contribution < 1.29 is 4.79 Å². The Labute approximate surface area is 85.3 Å². The van der Waals surface area contributed by atoms with Gasteiger partial charge in [0, 0.05) is 19.0 Å². The Hall–Kier alpha value is -0.280. The Balaban J connectivity index is 0.000000845. The van der Waals surface area contributed by atoms with Crippen molar-refractivity contribution in [2.45, 2.75) is 13.3 Å². The van der Waals surface area contributed by atoms with Crippen LogP contribution in [0.5, 0.6) is 0 Å². The molecule has 0 bridgehead atoms. The Morgan fingerprint density at radius 1 is 1.46 bits per heavy atom. The predicted octanol–water partition coefficient (Wildman–Crippen LogP) is 0.496. The summed E-state index contributed by atoms with van der Waals surface area (Å²) < 4.78 is 0. The number of likely N-dealkylation sites (tertiary alicyclic amines) is 1. The number of halogens is 1. The van der Waals surface area contributed by atoms with Gasteiger partial charge in [-0.3, -0.25) is 4.79 Å². The maximum absolute atomic E-state index is 11.7. The number of carbonyl (C=O) groups is 1. The minimum Gasteiger partial charge on any atom is -0.342 e. The fourth-order valence-corrected chi connectivity index (χ4v) is 1.69. The molecule has 1 atom stereocenters. The average Bonchev–Trinajstić information content (AvgIpc) is 1.79. The van der Waals surface area contributed by atoms with Crippen molar-refractivity contribution in [2.24, 2.45) is 11.8 Å². The molecule has 2 fully saturated rings. The number of rotatable bonds is 2. The first-order valence-electron chi connectivity index (χ1n) is 4.78. The number of nitrogens with one attached hydrogen (secondary N) is 1. The monoisotopic (exact) mass is 204 g/mol. The molecule has 4 heteroatoms. The van der Waals surface area contributed by atoms with E-state index in [-0.39, 0.29) is 18.3 Å². The van der Waals surface area contributed by atoms with Crippen LogP contribution in [0.15, 0.2) is 0 Å². The smallest absolute Gasteiger partial charge is 0.225 e. The molecule has 0 spiro atoms. The van der Waals surface area contributed by atoms with Crippen LogP contribution >= 0.6 is 12.4 Å². The Bertz CT molecular complexity index is 190. The summed E-state index contributed by atoms with van der Waals surface area (Å²) in [6.07, 6.45) is 1.20. The second-order valence-corrected chi connectivity index (χ2v) is 3.89. The molecule has 0 aromatic heterocycles. The van der Waals surface area contributed by atoms with E-state index in [0.29, 0.717) is 11.8 Å². The van der Waals surface area contributed by atoms with Gasteiger partial charge in [-0.1, -0.05) is 6.92 Å². The molecule has 0 unspecified atom stereocenters. The van der Waals surface area contributed by atoms with Crippen molar-refractivity contribution in [3.63, 3.8) is 0 Å². The van der Waals surface area contributed by atoms with E-state index in [9.17, 15) is 4.79 Å². The summed E-state index contributed by atoms with van der Waals surface area (Å²) in [5.41, 5.74) is 0. The van der Waals surface area contributed by atoms with Crippen LogP contribution in [0, 0.1) is 11.8 Å². The lowest BCUT2D eigenvalue weighted by Gasteiger charge is -2.38. The highest BCUT2D eigenvalue weighted by atomic mass is 35.5. The first-order valence-corrected chi connectivity index (χ1v) is 4.78. The standard InChI is InChI=1S/C9H16N2O.ClH/c1-7(8-5-10-6-8)9(12)11-3-2-4-11;/h7-8,10H,2-6H2,1H3;1H/t7-;/m0./s1. The summed E-state index contributed by atoms with van der Waals surface area (Å²) in [7, 11) is 0. The molecule has 0 radical (unpaired) electrons. The highest BCUT2D eigenvalue weighted by molar-refractivity contribution is 5.85. The van der Waals surface area contributed by atoms with Gasteiger partial charge < -0.3 is 10.2 Å². The quantitative estimate of drug-likeness (QED) is 0.711. The highest BCUT2D eigenvalue weighted by Crippen LogP contribution is 2.20. The predicted molar refractivity (Wildman–Crippen MR) is 54.0 cm³/mol. The zero-order valence-corrected chi connectivity index (χ0v) is 8.77. The summed E-state index contributed by atoms with van der Waals surface area (Å²) in [5, 5.41) is 3.20. The fraction of sp³-hybridized carbons (Fsp3) is 0.889. The van der Waals surface area contributed by atoms with Crippen LogP contribution in [0.25, 0.3) is 0 Å². The third kappa shape index (κ3) is 1.97. The molecule has 2 heterocycles. The molecule has 1 N–H and O–H groups in total. The molecule has 0 saturated carbocycles. The number of hydrogen-bond acceptors (Lipinski definition) is 2. The number of amides is 1. The van der Waals surface area contributed by atoms with E-state index < -0.39 is 0 Å². The Kier molecular flexibility index (Phi) is 3.56. The first kappa shape index (κ1) is 10.8. The lowest BCUT2D eigenvalue weighted by molar-refractivity contribution is -0.140. The average molecular weight is 205 g/mol. The molecule has 2 saturated heterocycles. The lowest BCUT2D eigenvalue weighted by atomic mass is 9.87. The molecule has 0 aromatic carbocycles. The van der Waals surface area contributed by atoms with Crippen LogP contribution in [0.2, 0.25) is 0 Å². The van der Waals surface area contributed by atoms with Gasteiger partial charge >= 0.3 is 0 Å². The second-order valence-electron chi connectivity index (χ2n) is 3.89. The fourth-order valence-electron chi connectivity index (χ4n) is 1.69. The summed E-state index contributed by atoms with van der Waals surface area (Å²) >= 11 is 0. The van der Waals surface area contributed by atoms with Crippen molar-refractivity contribution in [1.29, 1.82) is 0 Å². The maximum atomic E-state index is 11.7. The topological polar surface area (TPSA) is 32.3 Å². The van der Waals surface area contributed by atoms with E-state index in [1.165, 1.54) is 6.42 Å². The minimum atomic E-state index is 0. The van der Waals surface area contributed by atoms with Gasteiger partial charge in [-0.2, -0.15) is 0 Å². The highest BCUT2D eigenvalue weighted by Gasteiger charge is 2.33. The molecule has 0 aromatic rings. The molecule has 2 aliphatic rings. The summed E-state index contributed by atoms with van der Waals surface area (Å²) in [6, 6.07) is 0. The summed E-state index contributed by atoms with van der Waals surface area (Å²) in [5.74, 6) is 1.21. The van der Waals surface area contributed by atoms with E-state index in [4.69, 9.17) is 0 Å². The lowest BCUT2D eigenvalue weighted by Crippen LogP contribution is -2.53. The molecule has 13 heavy (non-hydrogen) atoms. The van der Waals surface area contributed by atoms with Crippen LogP contribution in [-0.2, 0) is 4.79 Å². The van der Waals surface area contributed by atoms with Gasteiger partial charge in [0.05, 0.1) is 0 Å². The van der Waals surface area contributed by atoms with Crippen LogP contribution in [0.4, 0.5) is 0 Å². The van der Waals surface area contributed by atoms with Gasteiger partial charge in [-0.05, 0) is 25.4 Å². The van der Waals surface area contributed by atoms with Gasteiger partial charge in [-0.25, -0.2) is 0 Å². The van der Waals surface area contributed by atoms with Crippen LogP contribution < -0.4 is 5.32 Å². The zero-order chi connectivity index (χ0) is 8.55. The van der Waals surface area contributed by atoms with Gasteiger partial charge in [0.15, 0.2) is 0 Å². The maximum Gasteiger partial charge on any atom is 0.225 e. The van der Waals surface area contributed by atoms with Crippen molar-refractivity contribution >= 4 is 18.3 Å². The molecule has 3 nitrogen and oxygen atoms in total. The summed E-state index contributed by atoms with van der Waals surface area (Å²) in [6.45, 7) is 6.10. The van der Waals surface area contributed by atoms with Gasteiger partial charge in [0.1, 0.15) is 0 Å². The number of hydrogen-bond donors (Lipinski definition) is 1. The van der Waals surface area contributed by atoms with E-state index in [1.807, 2.05) is 4.90 Å². The Morgan fingerprint density at radius 2 is 2.08 bits per heavy atom. The van der Waals surface area contributed by atoms with Crippen LogP contribution in [0.3, 0.4) is 0 Å². The van der Waals surface area contributed by atoms with Crippen molar-refractivity contribution in [1.82, 2.24) is 10.2 Å². The zero-order valence-electron chi connectivity index (χ0n) is 7.95. The minimum absolute atomic E-state index is 0. The molecule has 2 rings (SSSR count). The van der Waals surface area contributed by atoms with E-state index in [0.717, 1.165) is 26.2 Å². The molecule has 0 aliphatic carbocycles. The number of nitrogens with zero attached hydrogens (tertiary/aromatic N) is 1. The summed E-state index contributed by atoms with van der Waals surface area (Å²) in [4.78, 5) is 13.6. The molecular weight excluding hydrogens is 188 g/mol. The van der Waals surface area contributed by atoms with Crippen molar-refractivity contribution in [3.8, 4) is 0 Å². The normalized spacial score (nSPS) is 23.9. The largest absolute Gasteiger partial charge is 0.342 e. The third-order valence-electron chi connectivity index (χ3n) is 3.08. The van der Waals surface area contributed by atoms with E-state index in [1.54, 1.807) is 0 Å². The van der Waals surface area contributed by atoms with Crippen molar-refractivity contribution in [2.75, 3.05) is 26.2 Å². The second kappa shape index (κ2) is 4.29. The van der Waals surface area contributed by atoms with Gasteiger partial charge in [0.2, 0.25) is 5.91 Å². The molecule has 76 valence electrons. The van der Waals surface area contributed by atoms with Crippen LogP contribution in [0.1, 0.15) is 13.3 Å².